The zero-order valence-corrected chi connectivity index (χ0v) is 20.5. The minimum Gasteiger partial charge on any atom is -0.425 e. The molecule has 1 N–H and O–H groups in total. The van der Waals surface area contributed by atoms with Crippen molar-refractivity contribution in [1.82, 2.24) is 18.7 Å². The molecule has 1 aliphatic carbocycles. The van der Waals surface area contributed by atoms with Gasteiger partial charge in [-0.25, -0.2) is 4.79 Å². The number of alkyl halides is 4. The van der Waals surface area contributed by atoms with E-state index < -0.39 is 23.4 Å². The smallest absolute Gasteiger partial charge is 0.425 e. The van der Waals surface area contributed by atoms with Gasteiger partial charge in [0.2, 0.25) is 0 Å². The van der Waals surface area contributed by atoms with E-state index in [1.54, 1.807) is 6.92 Å². The number of aliphatic hydroxyl groups excluding tert-OH is 1. The van der Waals surface area contributed by atoms with Crippen molar-refractivity contribution in [2.75, 3.05) is 6.61 Å². The fraction of sp³-hybridized carbons (Fsp3) is 0.375. The van der Waals surface area contributed by atoms with Gasteiger partial charge in [-0.05, 0) is 49.6 Å². The van der Waals surface area contributed by atoms with E-state index in [4.69, 9.17) is 16.3 Å². The molecule has 13 heteroatoms. The normalized spacial score (nSPS) is 15.7. The first kappa shape index (κ1) is 26.6. The first-order valence-corrected chi connectivity index (χ1v) is 11.9. The number of fused-ring (bicyclic) bond motifs is 1. The number of rotatable bonds is 9. The van der Waals surface area contributed by atoms with Crippen molar-refractivity contribution in [2.24, 2.45) is 0 Å². The van der Waals surface area contributed by atoms with Gasteiger partial charge in [-0.15, -0.1) is 24.8 Å². The zero-order chi connectivity index (χ0) is 26.7. The number of aromatic nitrogens is 4. The largest absolute Gasteiger partial charge is 0.573 e. The van der Waals surface area contributed by atoms with Crippen molar-refractivity contribution in [3.8, 4) is 17.5 Å². The van der Waals surface area contributed by atoms with Gasteiger partial charge in [-0.2, -0.15) is 4.98 Å². The highest BCUT2D eigenvalue weighted by Gasteiger charge is 2.31. The van der Waals surface area contributed by atoms with Crippen LogP contribution in [0.5, 0.6) is 17.5 Å². The Morgan fingerprint density at radius 1 is 1.14 bits per heavy atom. The van der Waals surface area contributed by atoms with Crippen LogP contribution in [-0.4, -0.2) is 42.1 Å². The molecule has 0 saturated carbocycles. The quantitative estimate of drug-likeness (QED) is 0.413. The number of aryl methyl sites for hydroxylation is 1. The van der Waals surface area contributed by atoms with E-state index in [9.17, 15) is 27.9 Å². The molecule has 2 heterocycles. The lowest BCUT2D eigenvalue weighted by Gasteiger charge is -2.15. The van der Waals surface area contributed by atoms with E-state index >= 15 is 0 Å². The van der Waals surface area contributed by atoms with Crippen LogP contribution in [0.15, 0.2) is 57.7 Å². The standard InChI is InChI=1S/C24H24ClF3N4O5/c1-2-30-20-19(21(34)31(23(30)35)12-3-13-33)32(14-15-4-6-16(25)7-5-15)22(29-20)36-17-8-10-18(11-9-17)37-24(26,27)28/h4-6,8-11,16,33H,2-3,7,12-14H2,1H3. The lowest BCUT2D eigenvalue weighted by Crippen LogP contribution is -2.40. The maximum atomic E-state index is 13.5. The van der Waals surface area contributed by atoms with Crippen LogP contribution in [0.3, 0.4) is 0 Å². The molecule has 0 amide bonds. The average molecular weight is 541 g/mol. The number of allylic oxidation sites excluding steroid dienone is 4. The van der Waals surface area contributed by atoms with Gasteiger partial charge >= 0.3 is 18.1 Å². The van der Waals surface area contributed by atoms with Gasteiger partial charge in [0.25, 0.3) is 5.56 Å². The second kappa shape index (κ2) is 10.9. The van der Waals surface area contributed by atoms with E-state index in [-0.39, 0.29) is 61.0 Å². The lowest BCUT2D eigenvalue weighted by atomic mass is 10.1. The molecular weight excluding hydrogens is 517 g/mol. The Bertz CT molecular complexity index is 1450. The summed E-state index contributed by atoms with van der Waals surface area (Å²) >= 11 is 6.13. The summed E-state index contributed by atoms with van der Waals surface area (Å²) in [4.78, 5) is 30.9. The Kier molecular flexibility index (Phi) is 7.79. The van der Waals surface area contributed by atoms with Crippen molar-refractivity contribution >= 4 is 22.8 Å². The van der Waals surface area contributed by atoms with Crippen molar-refractivity contribution < 1.29 is 27.8 Å². The fourth-order valence-corrected chi connectivity index (χ4v) is 4.12. The predicted octanol–water partition coefficient (Wildman–Crippen LogP) is 3.95. The maximum absolute atomic E-state index is 13.5. The van der Waals surface area contributed by atoms with Crippen LogP contribution in [0.1, 0.15) is 19.8 Å². The summed E-state index contributed by atoms with van der Waals surface area (Å²) < 4.78 is 51.2. The molecule has 1 aliphatic rings. The minimum absolute atomic E-state index is 0.0165. The van der Waals surface area contributed by atoms with Gasteiger partial charge < -0.3 is 14.6 Å². The molecule has 0 aliphatic heterocycles. The monoisotopic (exact) mass is 540 g/mol. The van der Waals surface area contributed by atoms with Crippen LogP contribution < -0.4 is 20.7 Å². The SMILES string of the molecule is CCn1c(=O)n(CCCO)c(=O)c2c1nc(Oc1ccc(OC(F)(F)F)cc1)n2CC1=CCC(Cl)C=C1. The molecule has 2 aromatic heterocycles. The molecule has 0 saturated heterocycles. The van der Waals surface area contributed by atoms with Gasteiger partial charge in [-0.1, -0.05) is 18.2 Å². The first-order chi connectivity index (χ1) is 17.6. The first-order valence-electron chi connectivity index (χ1n) is 11.5. The Morgan fingerprint density at radius 3 is 2.43 bits per heavy atom. The third-order valence-electron chi connectivity index (χ3n) is 5.67. The van der Waals surface area contributed by atoms with Crippen LogP contribution in [0.2, 0.25) is 0 Å². The van der Waals surface area contributed by atoms with E-state index in [0.29, 0.717) is 6.42 Å². The summed E-state index contributed by atoms with van der Waals surface area (Å²) in [5.74, 6) is -0.279. The van der Waals surface area contributed by atoms with E-state index in [1.165, 1.54) is 21.3 Å². The number of benzene rings is 1. The maximum Gasteiger partial charge on any atom is 0.573 e. The molecule has 0 spiro atoms. The highest BCUT2D eigenvalue weighted by atomic mass is 35.5. The highest BCUT2D eigenvalue weighted by Crippen LogP contribution is 2.29. The third kappa shape index (κ3) is 5.91. The van der Waals surface area contributed by atoms with Crippen LogP contribution in [0.25, 0.3) is 11.2 Å². The van der Waals surface area contributed by atoms with Crippen LogP contribution >= 0.6 is 11.6 Å². The molecule has 9 nitrogen and oxygen atoms in total. The summed E-state index contributed by atoms with van der Waals surface area (Å²) in [5.41, 5.74) is -0.107. The molecule has 37 heavy (non-hydrogen) atoms. The third-order valence-corrected chi connectivity index (χ3v) is 5.99. The lowest BCUT2D eigenvalue weighted by molar-refractivity contribution is -0.274. The molecule has 3 aromatic rings. The van der Waals surface area contributed by atoms with Crippen molar-refractivity contribution in [1.29, 1.82) is 0 Å². The summed E-state index contributed by atoms with van der Waals surface area (Å²) in [6.07, 6.45) is 1.50. The van der Waals surface area contributed by atoms with Crippen molar-refractivity contribution in [3.63, 3.8) is 0 Å². The number of hydrogen-bond donors (Lipinski definition) is 1. The van der Waals surface area contributed by atoms with Crippen LogP contribution in [-0.2, 0) is 19.6 Å². The Labute approximate surface area is 213 Å². The Hall–Kier alpha value is -3.51. The molecule has 0 bridgehead atoms. The number of nitrogens with zero attached hydrogens (tertiary/aromatic N) is 4. The predicted molar refractivity (Wildman–Crippen MR) is 130 cm³/mol. The number of ether oxygens (including phenoxy) is 2. The summed E-state index contributed by atoms with van der Waals surface area (Å²) in [6, 6.07) is 4.70. The number of aliphatic hydroxyl groups is 1. The number of hydrogen-bond acceptors (Lipinski definition) is 6. The summed E-state index contributed by atoms with van der Waals surface area (Å²) in [7, 11) is 0. The van der Waals surface area contributed by atoms with Gasteiger partial charge in [0.05, 0.1) is 11.9 Å². The number of imidazole rings is 1. The van der Waals surface area contributed by atoms with Gasteiger partial charge in [0.1, 0.15) is 11.5 Å². The van der Waals surface area contributed by atoms with E-state index in [2.05, 4.69) is 9.72 Å². The molecule has 1 atom stereocenters. The highest BCUT2D eigenvalue weighted by molar-refractivity contribution is 6.22. The molecule has 4 rings (SSSR count). The second-order valence-corrected chi connectivity index (χ2v) is 8.79. The van der Waals surface area contributed by atoms with Gasteiger partial charge in [-0.3, -0.25) is 18.5 Å². The number of halogens is 4. The molecular formula is C24H24ClF3N4O5. The van der Waals surface area contributed by atoms with Crippen molar-refractivity contribution in [3.05, 3.63) is 68.9 Å². The van der Waals surface area contributed by atoms with Crippen LogP contribution in [0, 0.1) is 0 Å². The molecule has 198 valence electrons. The van der Waals surface area contributed by atoms with Gasteiger partial charge in [0.15, 0.2) is 11.2 Å². The second-order valence-electron chi connectivity index (χ2n) is 8.22. The van der Waals surface area contributed by atoms with Crippen molar-refractivity contribution in [2.45, 2.75) is 51.1 Å². The molecule has 1 aromatic carbocycles. The zero-order valence-electron chi connectivity index (χ0n) is 19.7. The fourth-order valence-electron chi connectivity index (χ4n) is 3.96. The Morgan fingerprint density at radius 2 is 1.84 bits per heavy atom. The topological polar surface area (TPSA) is 101 Å². The Balaban J connectivity index is 1.83. The minimum atomic E-state index is -4.83. The molecule has 1 unspecified atom stereocenters. The average Bonchev–Trinajstić information content (AvgIpc) is 3.18. The van der Waals surface area contributed by atoms with Gasteiger partial charge in [0, 0.05) is 19.7 Å². The molecule has 0 fully saturated rings. The van der Waals surface area contributed by atoms with Crippen LogP contribution in [0.4, 0.5) is 13.2 Å². The van der Waals surface area contributed by atoms with E-state index in [1.807, 2.05) is 18.2 Å². The van der Waals surface area contributed by atoms with E-state index in [0.717, 1.165) is 22.3 Å². The summed E-state index contributed by atoms with van der Waals surface area (Å²) in [6.45, 7) is 1.93. The molecule has 0 radical (unpaired) electrons. The summed E-state index contributed by atoms with van der Waals surface area (Å²) in [5, 5.41) is 9.08.